The lowest BCUT2D eigenvalue weighted by molar-refractivity contribution is -0.121. The van der Waals surface area contributed by atoms with E-state index in [1.807, 2.05) is 24.3 Å². The van der Waals surface area contributed by atoms with Gasteiger partial charge in [-0.3, -0.25) is 4.79 Å². The third-order valence-corrected chi connectivity index (χ3v) is 7.14. The van der Waals surface area contributed by atoms with Gasteiger partial charge < -0.3 is 15.5 Å². The van der Waals surface area contributed by atoms with Gasteiger partial charge in [0.2, 0.25) is 5.91 Å². The number of nitrogens with zero attached hydrogens (tertiary/aromatic N) is 1. The van der Waals surface area contributed by atoms with Crippen LogP contribution in [0.15, 0.2) is 42.5 Å². The lowest BCUT2D eigenvalue weighted by Gasteiger charge is -2.32. The molecule has 8 heteroatoms. The molecule has 6 nitrogen and oxygen atoms in total. The Hall–Kier alpha value is -2.28. The van der Waals surface area contributed by atoms with Crippen LogP contribution in [-0.2, 0) is 4.79 Å². The number of hydrogen-bond acceptors (Lipinski definition) is 2. The van der Waals surface area contributed by atoms with E-state index >= 15 is 0 Å². The average molecular weight is 474 g/mol. The molecule has 1 saturated heterocycles. The molecule has 1 heterocycles. The predicted molar refractivity (Wildman–Crippen MR) is 128 cm³/mol. The van der Waals surface area contributed by atoms with E-state index in [0.29, 0.717) is 47.6 Å². The molecule has 2 aliphatic rings. The predicted octanol–water partition coefficient (Wildman–Crippen LogP) is 5.94. The van der Waals surface area contributed by atoms with Crippen LogP contribution in [0.2, 0.25) is 10.0 Å². The van der Waals surface area contributed by atoms with Crippen LogP contribution in [0.3, 0.4) is 0 Å². The second kappa shape index (κ2) is 9.69. The largest absolute Gasteiger partial charge is 0.324 e. The van der Waals surface area contributed by atoms with Crippen molar-refractivity contribution >= 4 is 46.5 Å². The van der Waals surface area contributed by atoms with Gasteiger partial charge in [-0.25, -0.2) is 10.5 Å². The number of carbonyl (C=O) groups excluding carboxylic acids is 2. The van der Waals surface area contributed by atoms with Crippen LogP contribution in [0.1, 0.15) is 50.0 Å². The van der Waals surface area contributed by atoms with E-state index < -0.39 is 5.54 Å². The van der Waals surface area contributed by atoms with E-state index in [9.17, 15) is 9.59 Å². The molecule has 1 saturated carbocycles. The van der Waals surface area contributed by atoms with Crippen LogP contribution < -0.4 is 16.4 Å². The number of anilines is 2. The molecular formula is C24H27Cl2N4O2. The summed E-state index contributed by atoms with van der Waals surface area (Å²) in [5.74, 6) is 0.144. The van der Waals surface area contributed by atoms with Crippen LogP contribution >= 0.6 is 23.2 Å². The lowest BCUT2D eigenvalue weighted by atomic mass is 9.89. The second-order valence-electron chi connectivity index (χ2n) is 8.65. The molecule has 0 aromatic heterocycles. The van der Waals surface area contributed by atoms with E-state index in [1.54, 1.807) is 23.1 Å². The van der Waals surface area contributed by atoms with Crippen molar-refractivity contribution in [3.63, 3.8) is 0 Å². The molecule has 32 heavy (non-hydrogen) atoms. The first-order valence-corrected chi connectivity index (χ1v) is 11.8. The molecule has 1 aliphatic heterocycles. The number of nitrogens with one attached hydrogen (secondary N) is 3. The SMILES string of the molecule is [NH]C1(C(=O)Nc2ccc(C3CCN(C(=O)Nc4c(Cl)cccc4Cl)CC3)cc2)CCCC1. The number of piperidine rings is 1. The first-order valence-electron chi connectivity index (χ1n) is 11.0. The molecule has 2 fully saturated rings. The van der Waals surface area contributed by atoms with Crippen molar-refractivity contribution < 1.29 is 9.59 Å². The van der Waals surface area contributed by atoms with Crippen molar-refractivity contribution in [3.8, 4) is 0 Å². The Bertz CT molecular complexity index is 962. The number of likely N-dealkylation sites (tertiary alicyclic amines) is 1. The third-order valence-electron chi connectivity index (χ3n) is 6.51. The minimum atomic E-state index is -0.986. The van der Waals surface area contributed by atoms with Gasteiger partial charge in [0.1, 0.15) is 5.54 Å². The normalized spacial score (nSPS) is 18.4. The van der Waals surface area contributed by atoms with Gasteiger partial charge in [-0.15, -0.1) is 0 Å². The Balaban J connectivity index is 1.30. The molecule has 0 unspecified atom stereocenters. The molecular weight excluding hydrogens is 447 g/mol. The van der Waals surface area contributed by atoms with Gasteiger partial charge in [-0.2, -0.15) is 0 Å². The summed E-state index contributed by atoms with van der Waals surface area (Å²) < 4.78 is 0. The highest BCUT2D eigenvalue weighted by molar-refractivity contribution is 6.39. The number of halogens is 2. The zero-order chi connectivity index (χ0) is 22.7. The van der Waals surface area contributed by atoms with Crippen LogP contribution in [-0.4, -0.2) is 35.5 Å². The lowest BCUT2D eigenvalue weighted by Crippen LogP contribution is -2.41. The summed E-state index contributed by atoms with van der Waals surface area (Å²) in [6.45, 7) is 1.27. The van der Waals surface area contributed by atoms with Crippen molar-refractivity contribution in [1.82, 2.24) is 10.6 Å². The Morgan fingerprint density at radius 1 is 0.938 bits per heavy atom. The molecule has 4 rings (SSSR count). The van der Waals surface area contributed by atoms with Gasteiger partial charge in [0.05, 0.1) is 15.7 Å². The highest BCUT2D eigenvalue weighted by Gasteiger charge is 2.38. The van der Waals surface area contributed by atoms with Gasteiger partial charge >= 0.3 is 6.03 Å². The molecule has 169 valence electrons. The van der Waals surface area contributed by atoms with Gasteiger partial charge in [0.15, 0.2) is 0 Å². The van der Waals surface area contributed by atoms with Crippen LogP contribution in [0.5, 0.6) is 0 Å². The Kier molecular flexibility index (Phi) is 6.93. The Morgan fingerprint density at radius 2 is 1.53 bits per heavy atom. The first-order chi connectivity index (χ1) is 15.4. The van der Waals surface area contributed by atoms with Gasteiger partial charge in [-0.05, 0) is 61.4 Å². The van der Waals surface area contributed by atoms with Crippen LogP contribution in [0, 0.1) is 0 Å². The molecule has 2 aromatic rings. The van der Waals surface area contributed by atoms with Gasteiger partial charge in [0, 0.05) is 18.8 Å². The van der Waals surface area contributed by atoms with E-state index in [0.717, 1.165) is 31.4 Å². The zero-order valence-electron chi connectivity index (χ0n) is 17.8. The standard InChI is InChI=1S/C24H27Cl2N4O2/c25-19-4-3-5-20(26)21(19)29-23(32)30-14-10-17(11-15-30)16-6-8-18(9-7-16)28-22(31)24(27)12-1-2-13-24/h3-9,17,27H,1-2,10-15H2,(H,28,31)(H,29,32). The molecule has 3 N–H and O–H groups in total. The number of hydrogen-bond donors (Lipinski definition) is 2. The number of carbonyl (C=O) groups is 2. The molecule has 0 spiro atoms. The van der Waals surface area contributed by atoms with Crippen LogP contribution in [0.4, 0.5) is 16.2 Å². The van der Waals surface area contributed by atoms with Crippen molar-refractivity contribution in [2.45, 2.75) is 50.0 Å². The van der Waals surface area contributed by atoms with Crippen molar-refractivity contribution in [2.24, 2.45) is 0 Å². The van der Waals surface area contributed by atoms with E-state index in [1.165, 1.54) is 5.56 Å². The number of rotatable bonds is 4. The smallest absolute Gasteiger partial charge is 0.321 e. The fourth-order valence-electron chi connectivity index (χ4n) is 4.51. The molecule has 2 aromatic carbocycles. The summed E-state index contributed by atoms with van der Waals surface area (Å²) in [6, 6.07) is 12.8. The minimum Gasteiger partial charge on any atom is -0.324 e. The number of para-hydroxylation sites is 1. The van der Waals surface area contributed by atoms with Crippen molar-refractivity contribution in [2.75, 3.05) is 23.7 Å². The molecule has 1 radical (unpaired) electrons. The molecule has 1 aliphatic carbocycles. The summed E-state index contributed by atoms with van der Waals surface area (Å²) >= 11 is 12.3. The number of amides is 3. The fourth-order valence-corrected chi connectivity index (χ4v) is 5.01. The maximum atomic E-state index is 12.6. The highest BCUT2D eigenvalue weighted by Crippen LogP contribution is 2.33. The molecule has 0 bridgehead atoms. The van der Waals surface area contributed by atoms with Gasteiger partial charge in [-0.1, -0.05) is 54.2 Å². The number of benzene rings is 2. The second-order valence-corrected chi connectivity index (χ2v) is 9.47. The summed E-state index contributed by atoms with van der Waals surface area (Å²) in [5.41, 5.74) is 9.69. The van der Waals surface area contributed by atoms with Crippen LogP contribution in [0.25, 0.3) is 0 Å². The minimum absolute atomic E-state index is 0.201. The highest BCUT2D eigenvalue weighted by atomic mass is 35.5. The fraction of sp³-hybridized carbons (Fsp3) is 0.417. The zero-order valence-corrected chi connectivity index (χ0v) is 19.3. The third kappa shape index (κ3) is 5.03. The summed E-state index contributed by atoms with van der Waals surface area (Å²) in [7, 11) is 0. The van der Waals surface area contributed by atoms with E-state index in [-0.39, 0.29) is 11.9 Å². The maximum Gasteiger partial charge on any atom is 0.321 e. The quantitative estimate of drug-likeness (QED) is 0.575. The van der Waals surface area contributed by atoms with E-state index in [2.05, 4.69) is 10.6 Å². The Morgan fingerprint density at radius 3 is 2.12 bits per heavy atom. The summed E-state index contributed by atoms with van der Waals surface area (Å²) in [6.07, 6.45) is 4.85. The summed E-state index contributed by atoms with van der Waals surface area (Å²) in [5, 5.41) is 6.55. The monoisotopic (exact) mass is 473 g/mol. The first kappa shape index (κ1) is 22.9. The van der Waals surface area contributed by atoms with E-state index in [4.69, 9.17) is 28.9 Å². The maximum absolute atomic E-state index is 12.6. The molecule has 0 atom stereocenters. The number of urea groups is 1. The topological polar surface area (TPSA) is 85.2 Å². The van der Waals surface area contributed by atoms with Gasteiger partial charge in [0.25, 0.3) is 0 Å². The Labute approximate surface area is 198 Å². The molecule has 3 amide bonds. The average Bonchev–Trinajstić information content (AvgIpc) is 3.25. The summed E-state index contributed by atoms with van der Waals surface area (Å²) in [4.78, 5) is 26.9. The van der Waals surface area contributed by atoms with Crippen molar-refractivity contribution in [1.29, 1.82) is 0 Å². The van der Waals surface area contributed by atoms with Crippen molar-refractivity contribution in [3.05, 3.63) is 58.1 Å².